The van der Waals surface area contributed by atoms with Crippen LogP contribution < -0.4 is 5.32 Å². The molecule has 1 saturated heterocycles. The molecule has 0 unspecified atom stereocenters. The molecule has 1 aromatic rings. The summed E-state index contributed by atoms with van der Waals surface area (Å²) in [5, 5.41) is 15.4. The van der Waals surface area contributed by atoms with Crippen LogP contribution in [0.1, 0.15) is 24.3 Å². The second kappa shape index (κ2) is 5.07. The molecular weight excluding hydrogens is 238 g/mol. The number of nitrogens with zero attached hydrogens (tertiary/aromatic N) is 2. The molecule has 0 radical (unpaired) electrons. The smallest absolute Gasteiger partial charge is 0.326 e. The van der Waals surface area contributed by atoms with Gasteiger partial charge in [0.15, 0.2) is 0 Å². The van der Waals surface area contributed by atoms with Gasteiger partial charge in [0.25, 0.3) is 0 Å². The van der Waals surface area contributed by atoms with Crippen molar-refractivity contribution in [1.29, 1.82) is 0 Å². The third kappa shape index (κ3) is 2.61. The number of aromatic nitrogens is 1. The van der Waals surface area contributed by atoms with Crippen LogP contribution in [0.3, 0.4) is 0 Å². The predicted molar refractivity (Wildman–Crippen MR) is 60.8 cm³/mol. The molecule has 0 spiro atoms. The number of aryl methyl sites for hydroxylation is 1. The van der Waals surface area contributed by atoms with E-state index in [2.05, 4.69) is 10.5 Å². The number of carbonyl (C=O) groups excluding carboxylic acids is 1. The van der Waals surface area contributed by atoms with Crippen molar-refractivity contribution in [3.05, 3.63) is 17.5 Å². The second-order valence-electron chi connectivity index (χ2n) is 4.28. The van der Waals surface area contributed by atoms with Gasteiger partial charge in [-0.05, 0) is 19.8 Å². The van der Waals surface area contributed by atoms with E-state index in [1.54, 1.807) is 13.0 Å². The summed E-state index contributed by atoms with van der Waals surface area (Å²) in [5.41, 5.74) is 0.618. The van der Waals surface area contributed by atoms with E-state index < -0.39 is 12.0 Å². The summed E-state index contributed by atoms with van der Waals surface area (Å²) < 4.78 is 4.87. The summed E-state index contributed by atoms with van der Waals surface area (Å²) in [5.74, 6) is -0.288. The van der Waals surface area contributed by atoms with E-state index in [0.717, 1.165) is 0 Å². The summed E-state index contributed by atoms with van der Waals surface area (Å²) in [6.07, 6.45) is 1.22. The number of carbonyl (C=O) groups is 2. The van der Waals surface area contributed by atoms with E-state index >= 15 is 0 Å². The van der Waals surface area contributed by atoms with E-state index in [4.69, 9.17) is 9.63 Å². The monoisotopic (exact) mass is 253 g/mol. The lowest BCUT2D eigenvalue weighted by Gasteiger charge is -2.21. The number of aliphatic carboxylic acids is 1. The van der Waals surface area contributed by atoms with E-state index in [9.17, 15) is 9.59 Å². The summed E-state index contributed by atoms with van der Waals surface area (Å²) in [4.78, 5) is 24.1. The Morgan fingerprint density at radius 3 is 3.06 bits per heavy atom. The lowest BCUT2D eigenvalue weighted by Crippen LogP contribution is -2.45. The first-order chi connectivity index (χ1) is 8.58. The number of nitrogens with one attached hydrogen (secondary N) is 1. The number of likely N-dealkylation sites (tertiary alicyclic amines) is 1. The van der Waals surface area contributed by atoms with Gasteiger partial charge in [0.05, 0.1) is 6.54 Å². The van der Waals surface area contributed by atoms with Gasteiger partial charge in [-0.15, -0.1) is 0 Å². The highest BCUT2D eigenvalue weighted by molar-refractivity contribution is 5.83. The Kier molecular flexibility index (Phi) is 3.50. The molecule has 0 aliphatic carbocycles. The summed E-state index contributed by atoms with van der Waals surface area (Å²) in [6.45, 7) is 2.47. The highest BCUT2D eigenvalue weighted by Gasteiger charge is 2.33. The van der Waals surface area contributed by atoms with Crippen LogP contribution in [0, 0.1) is 6.92 Å². The molecule has 18 heavy (non-hydrogen) atoms. The van der Waals surface area contributed by atoms with Gasteiger partial charge in [0.2, 0.25) is 0 Å². The van der Waals surface area contributed by atoms with E-state index in [1.165, 1.54) is 4.90 Å². The molecular formula is C11H15N3O4. The number of hydrogen-bond donors (Lipinski definition) is 2. The Morgan fingerprint density at radius 2 is 2.44 bits per heavy atom. The fourth-order valence-corrected chi connectivity index (χ4v) is 2.04. The minimum Gasteiger partial charge on any atom is -0.480 e. The minimum atomic E-state index is -0.958. The highest BCUT2D eigenvalue weighted by Crippen LogP contribution is 2.17. The van der Waals surface area contributed by atoms with E-state index in [-0.39, 0.29) is 12.6 Å². The summed E-state index contributed by atoms with van der Waals surface area (Å²) in [7, 11) is 0. The van der Waals surface area contributed by atoms with Gasteiger partial charge < -0.3 is 19.8 Å². The maximum Gasteiger partial charge on any atom is 0.326 e. The second-order valence-corrected chi connectivity index (χ2v) is 4.28. The molecule has 7 heteroatoms. The van der Waals surface area contributed by atoms with Crippen LogP contribution in [0.25, 0.3) is 0 Å². The van der Waals surface area contributed by atoms with Crippen LogP contribution in [-0.4, -0.2) is 39.8 Å². The molecule has 2 amide bonds. The first-order valence-electron chi connectivity index (χ1n) is 5.77. The van der Waals surface area contributed by atoms with E-state index in [0.29, 0.717) is 30.8 Å². The van der Waals surface area contributed by atoms with Crippen LogP contribution in [0.2, 0.25) is 0 Å². The highest BCUT2D eigenvalue weighted by atomic mass is 16.5. The lowest BCUT2D eigenvalue weighted by molar-refractivity contribution is -0.141. The van der Waals surface area contributed by atoms with Gasteiger partial charge in [-0.2, -0.15) is 0 Å². The van der Waals surface area contributed by atoms with Crippen LogP contribution in [-0.2, 0) is 11.3 Å². The number of carboxylic acid groups (broad SMARTS) is 1. The molecule has 1 aliphatic rings. The largest absolute Gasteiger partial charge is 0.480 e. The molecule has 1 aromatic heterocycles. The van der Waals surface area contributed by atoms with Gasteiger partial charge in [0, 0.05) is 12.6 Å². The van der Waals surface area contributed by atoms with Gasteiger partial charge in [-0.3, -0.25) is 0 Å². The number of amides is 2. The van der Waals surface area contributed by atoms with Crippen molar-refractivity contribution in [3.8, 4) is 0 Å². The van der Waals surface area contributed by atoms with Crippen LogP contribution in [0.15, 0.2) is 10.6 Å². The normalized spacial score (nSPS) is 18.9. The zero-order valence-corrected chi connectivity index (χ0v) is 10.0. The molecule has 7 nitrogen and oxygen atoms in total. The number of rotatable bonds is 3. The van der Waals surface area contributed by atoms with Gasteiger partial charge in [-0.25, -0.2) is 9.59 Å². The molecule has 2 rings (SSSR count). The van der Waals surface area contributed by atoms with Crippen molar-refractivity contribution in [2.45, 2.75) is 32.4 Å². The maximum atomic E-state index is 11.8. The van der Waals surface area contributed by atoms with Crippen LogP contribution >= 0.6 is 0 Å². The zero-order chi connectivity index (χ0) is 13.1. The Hall–Kier alpha value is -2.05. The standard InChI is InChI=1S/C11H15N3O4/c1-7-5-8(13-18-7)6-12-11(17)14-4-2-3-9(14)10(15)16/h5,9H,2-4,6H2,1H3,(H,12,17)(H,15,16)/t9-/m0/s1. The third-order valence-electron chi connectivity index (χ3n) is 2.90. The molecule has 0 bridgehead atoms. The Morgan fingerprint density at radius 1 is 1.67 bits per heavy atom. The molecule has 98 valence electrons. The van der Waals surface area contributed by atoms with Gasteiger partial charge in [-0.1, -0.05) is 5.16 Å². The minimum absolute atomic E-state index is 0.235. The average molecular weight is 253 g/mol. The molecule has 1 atom stereocenters. The van der Waals surface area contributed by atoms with Crippen molar-refractivity contribution in [3.63, 3.8) is 0 Å². The number of urea groups is 1. The topological polar surface area (TPSA) is 95.7 Å². The zero-order valence-electron chi connectivity index (χ0n) is 10.0. The van der Waals surface area contributed by atoms with Crippen molar-refractivity contribution in [2.24, 2.45) is 0 Å². The molecule has 0 saturated carbocycles. The molecule has 1 aliphatic heterocycles. The van der Waals surface area contributed by atoms with E-state index in [1.807, 2.05) is 0 Å². The van der Waals surface area contributed by atoms with Crippen LogP contribution in [0.5, 0.6) is 0 Å². The van der Waals surface area contributed by atoms with Crippen molar-refractivity contribution >= 4 is 12.0 Å². The fraction of sp³-hybridized carbons (Fsp3) is 0.545. The molecule has 0 aromatic carbocycles. The quantitative estimate of drug-likeness (QED) is 0.828. The van der Waals surface area contributed by atoms with Gasteiger partial charge in [0.1, 0.15) is 17.5 Å². The molecule has 2 N–H and O–H groups in total. The number of hydrogen-bond acceptors (Lipinski definition) is 4. The van der Waals surface area contributed by atoms with Gasteiger partial charge >= 0.3 is 12.0 Å². The first-order valence-corrected chi connectivity index (χ1v) is 5.77. The summed E-state index contributed by atoms with van der Waals surface area (Å²) in [6, 6.07) is 0.628. The lowest BCUT2D eigenvalue weighted by atomic mass is 10.2. The first kappa shape index (κ1) is 12.4. The molecule has 1 fully saturated rings. The Labute approximate surface area is 104 Å². The fourth-order valence-electron chi connectivity index (χ4n) is 2.04. The van der Waals surface area contributed by atoms with Crippen molar-refractivity contribution in [2.75, 3.05) is 6.54 Å². The Bertz CT molecular complexity index is 457. The predicted octanol–water partition coefficient (Wildman–Crippen LogP) is 0.742. The third-order valence-corrected chi connectivity index (χ3v) is 2.90. The van der Waals surface area contributed by atoms with Crippen molar-refractivity contribution < 1.29 is 19.2 Å². The maximum absolute atomic E-state index is 11.8. The average Bonchev–Trinajstić information content (AvgIpc) is 2.94. The van der Waals surface area contributed by atoms with Crippen molar-refractivity contribution in [1.82, 2.24) is 15.4 Å². The molecule has 2 heterocycles. The summed E-state index contributed by atoms with van der Waals surface area (Å²) >= 11 is 0. The van der Waals surface area contributed by atoms with Crippen LogP contribution in [0.4, 0.5) is 4.79 Å². The SMILES string of the molecule is Cc1cc(CNC(=O)N2CCC[C@H]2C(=O)O)no1. The Balaban J connectivity index is 1.89. The number of carboxylic acids is 1.